The Morgan fingerprint density at radius 3 is 2.57 bits per heavy atom. The second-order valence-electron chi connectivity index (χ2n) is 4.85. The molecule has 0 aromatic rings. The highest BCUT2D eigenvalue weighted by Gasteiger charge is 2.41. The summed E-state index contributed by atoms with van der Waals surface area (Å²) in [5, 5.41) is 0. The molecular weight excluding hydrogens is 231 g/mol. The molecule has 2 aliphatic carbocycles. The molecule has 0 spiro atoms. The molecule has 0 heterocycles. The van der Waals surface area contributed by atoms with Crippen LogP contribution in [0.5, 0.6) is 0 Å². The first-order chi connectivity index (χ1) is 6.61. The van der Waals surface area contributed by atoms with Crippen molar-refractivity contribution in [3.05, 3.63) is 12.2 Å². The molecule has 0 aromatic carbocycles. The Hall–Kier alpha value is 0.537. The maximum atomic E-state index is 6.43. The van der Waals surface area contributed by atoms with Crippen LogP contribution in [0.3, 0.4) is 0 Å². The average molecular weight is 249 g/mol. The summed E-state index contributed by atoms with van der Waals surface area (Å²) in [7, 11) is 0. The van der Waals surface area contributed by atoms with Gasteiger partial charge in [-0.3, -0.25) is 0 Å². The van der Waals surface area contributed by atoms with Crippen LogP contribution < -0.4 is 0 Å². The predicted molar refractivity (Wildman–Crippen MR) is 66.2 cm³/mol. The van der Waals surface area contributed by atoms with Crippen molar-refractivity contribution in [2.24, 2.45) is 17.8 Å². The molecule has 2 aliphatic rings. The van der Waals surface area contributed by atoms with Crippen molar-refractivity contribution in [1.29, 1.82) is 0 Å². The Morgan fingerprint density at radius 1 is 1.29 bits per heavy atom. The van der Waals surface area contributed by atoms with E-state index in [0.29, 0.717) is 0 Å². The van der Waals surface area contributed by atoms with Gasteiger partial charge in [0.2, 0.25) is 0 Å². The molecule has 0 saturated heterocycles. The van der Waals surface area contributed by atoms with Crippen LogP contribution in [0.4, 0.5) is 0 Å². The minimum absolute atomic E-state index is 0.804. The van der Waals surface area contributed by atoms with E-state index in [4.69, 9.17) is 22.2 Å². The topological polar surface area (TPSA) is 0 Å². The highest BCUT2D eigenvalue weighted by molar-refractivity contribution is 7.45. The Morgan fingerprint density at radius 2 is 2.07 bits per heavy atom. The first kappa shape index (κ1) is 11.0. The number of hydrogen-bond acceptors (Lipinski definition) is 0. The molecule has 2 rings (SSSR count). The van der Waals surface area contributed by atoms with Gasteiger partial charge in [0.1, 0.15) is 0 Å². The van der Waals surface area contributed by atoms with Crippen LogP contribution >= 0.6 is 22.2 Å². The van der Waals surface area contributed by atoms with Gasteiger partial charge in [0.15, 0.2) is 0 Å². The van der Waals surface area contributed by atoms with Crippen molar-refractivity contribution in [2.75, 3.05) is 0 Å². The zero-order valence-corrected chi connectivity index (χ0v) is 11.2. The molecular formula is C11H18Cl2Si. The van der Waals surface area contributed by atoms with Crippen LogP contribution in [0.25, 0.3) is 0 Å². The summed E-state index contributed by atoms with van der Waals surface area (Å²) < 4.78 is 0. The van der Waals surface area contributed by atoms with Gasteiger partial charge in [-0.05, 0) is 42.7 Å². The largest absolute Gasteiger partial charge is 0.251 e. The highest BCUT2D eigenvalue weighted by atomic mass is 35.7. The van der Waals surface area contributed by atoms with E-state index in [2.05, 4.69) is 19.1 Å². The summed E-state index contributed by atoms with van der Waals surface area (Å²) >= 11 is 12.9. The lowest BCUT2D eigenvalue weighted by Gasteiger charge is -2.24. The summed E-state index contributed by atoms with van der Waals surface area (Å²) in [4.78, 5) is 0. The minimum atomic E-state index is -1.90. The minimum Gasteiger partial charge on any atom is -0.146 e. The fourth-order valence-electron chi connectivity index (χ4n) is 2.98. The van der Waals surface area contributed by atoms with E-state index in [9.17, 15) is 0 Å². The smallest absolute Gasteiger partial charge is 0.146 e. The van der Waals surface area contributed by atoms with Crippen LogP contribution in [0.2, 0.25) is 12.1 Å². The van der Waals surface area contributed by atoms with Gasteiger partial charge >= 0.3 is 0 Å². The van der Waals surface area contributed by atoms with Crippen molar-refractivity contribution in [2.45, 2.75) is 38.3 Å². The average Bonchev–Trinajstić information content (AvgIpc) is 2.63. The molecule has 80 valence electrons. The molecule has 0 radical (unpaired) electrons. The summed E-state index contributed by atoms with van der Waals surface area (Å²) in [6.07, 6.45) is 8.62. The molecule has 0 N–H and O–H groups in total. The van der Waals surface area contributed by atoms with Crippen LogP contribution in [0.15, 0.2) is 12.2 Å². The number of hydrogen-bond donors (Lipinski definition) is 0. The lowest BCUT2D eigenvalue weighted by molar-refractivity contribution is 0.489. The number of rotatable bonds is 4. The molecule has 3 atom stereocenters. The molecule has 2 bridgehead atoms. The maximum absolute atomic E-state index is 6.43. The van der Waals surface area contributed by atoms with Crippen molar-refractivity contribution in [1.82, 2.24) is 0 Å². The van der Waals surface area contributed by atoms with Crippen LogP contribution in [-0.2, 0) is 0 Å². The highest BCUT2D eigenvalue weighted by Crippen LogP contribution is 2.48. The Balaban J connectivity index is 1.89. The molecule has 0 nitrogen and oxygen atoms in total. The summed E-state index contributed by atoms with van der Waals surface area (Å²) in [5.74, 6) is 2.46. The number of fused-ring (bicyclic) bond motifs is 2. The van der Waals surface area contributed by atoms with Gasteiger partial charge in [-0.2, -0.15) is 0 Å². The summed E-state index contributed by atoms with van der Waals surface area (Å²) in [6, 6.07) is 2.18. The number of halogens is 2. The van der Waals surface area contributed by atoms with Gasteiger partial charge in [-0.25, -0.2) is 0 Å². The lowest BCUT2D eigenvalue weighted by atomic mass is 9.96. The second kappa shape index (κ2) is 4.19. The molecule has 14 heavy (non-hydrogen) atoms. The first-order valence-electron chi connectivity index (χ1n) is 5.67. The van der Waals surface area contributed by atoms with E-state index >= 15 is 0 Å². The van der Waals surface area contributed by atoms with Crippen molar-refractivity contribution >= 4 is 28.9 Å². The Kier molecular flexibility index (Phi) is 3.30. The third kappa shape index (κ3) is 2.37. The standard InChI is InChI=1S/C11H18Cl2Si/c1-2-5-14(12,13)8-11-7-9-3-4-10(11)6-9/h3-4,9-11H,2,5-8H2,1H3. The maximum Gasteiger partial charge on any atom is 0.251 e. The van der Waals surface area contributed by atoms with Crippen LogP contribution in [0, 0.1) is 17.8 Å². The SMILES string of the molecule is CCC[Si](Cl)(Cl)CC1CC2C=CC1C2. The summed E-state index contributed by atoms with van der Waals surface area (Å²) in [5.41, 5.74) is 0. The van der Waals surface area contributed by atoms with Gasteiger partial charge < -0.3 is 0 Å². The van der Waals surface area contributed by atoms with Gasteiger partial charge in [-0.1, -0.05) is 25.5 Å². The normalized spacial score (nSPS) is 35.5. The van der Waals surface area contributed by atoms with E-state index in [0.717, 1.165) is 36.3 Å². The van der Waals surface area contributed by atoms with E-state index in [1.54, 1.807) is 0 Å². The zero-order valence-electron chi connectivity index (χ0n) is 8.68. The molecule has 1 saturated carbocycles. The van der Waals surface area contributed by atoms with Crippen molar-refractivity contribution in [3.63, 3.8) is 0 Å². The van der Waals surface area contributed by atoms with Crippen LogP contribution in [0.1, 0.15) is 26.2 Å². The third-order valence-corrected chi connectivity index (χ3v) is 8.01. The quantitative estimate of drug-likeness (QED) is 0.390. The van der Waals surface area contributed by atoms with E-state index < -0.39 is 6.69 Å². The fourth-order valence-corrected chi connectivity index (χ4v) is 7.48. The molecule has 0 amide bonds. The third-order valence-electron chi connectivity index (χ3n) is 3.59. The monoisotopic (exact) mass is 248 g/mol. The van der Waals surface area contributed by atoms with Gasteiger partial charge in [0, 0.05) is 0 Å². The van der Waals surface area contributed by atoms with E-state index in [1.807, 2.05) is 0 Å². The van der Waals surface area contributed by atoms with Crippen LogP contribution in [-0.4, -0.2) is 6.69 Å². The van der Waals surface area contributed by atoms with Crippen molar-refractivity contribution in [3.8, 4) is 0 Å². The predicted octanol–water partition coefficient (Wildman–Crippen LogP) is 4.53. The zero-order chi connectivity index (χ0) is 10.2. The first-order valence-corrected chi connectivity index (χ1v) is 10.1. The Labute approximate surface area is 97.1 Å². The molecule has 3 heteroatoms. The van der Waals surface area contributed by atoms with E-state index in [-0.39, 0.29) is 0 Å². The van der Waals surface area contributed by atoms with Gasteiger partial charge in [0.25, 0.3) is 6.69 Å². The Bertz CT molecular complexity index is 237. The van der Waals surface area contributed by atoms with Gasteiger partial charge in [-0.15, -0.1) is 22.2 Å². The molecule has 1 fully saturated rings. The summed E-state index contributed by atoms with van der Waals surface area (Å²) in [6.45, 7) is 0.279. The molecule has 0 aliphatic heterocycles. The van der Waals surface area contributed by atoms with Gasteiger partial charge in [0.05, 0.1) is 0 Å². The second-order valence-corrected chi connectivity index (χ2v) is 12.4. The fraction of sp³-hybridized carbons (Fsp3) is 0.818. The van der Waals surface area contributed by atoms with Crippen molar-refractivity contribution < 1.29 is 0 Å². The van der Waals surface area contributed by atoms with E-state index in [1.165, 1.54) is 12.8 Å². The molecule has 3 unspecified atom stereocenters. The molecule has 0 aromatic heterocycles. The lowest BCUT2D eigenvalue weighted by Crippen LogP contribution is -2.24. The number of allylic oxidation sites excluding steroid dienone is 2.